The molecule has 0 aliphatic heterocycles. The standard InChI is InChI=1S/C12H12BrFN4O2/c1-6-10(11(15)17-19)12(18(2)16-6)20-9-4-7(13)3-8(14)5-9/h3-5,19H,1-2H3,(H2,15,17). The van der Waals surface area contributed by atoms with Gasteiger partial charge in [-0.1, -0.05) is 21.1 Å². The molecular weight excluding hydrogens is 331 g/mol. The molecular formula is C12H12BrFN4O2. The summed E-state index contributed by atoms with van der Waals surface area (Å²) < 4.78 is 20.9. The van der Waals surface area contributed by atoms with Gasteiger partial charge in [0.15, 0.2) is 5.84 Å². The molecule has 1 aromatic heterocycles. The van der Waals surface area contributed by atoms with Crippen LogP contribution in [0.25, 0.3) is 0 Å². The maximum atomic E-state index is 13.3. The van der Waals surface area contributed by atoms with Crippen molar-refractivity contribution in [2.75, 3.05) is 0 Å². The summed E-state index contributed by atoms with van der Waals surface area (Å²) in [4.78, 5) is 0. The molecule has 0 amide bonds. The molecule has 2 rings (SSSR count). The van der Waals surface area contributed by atoms with Crippen LogP contribution in [0.2, 0.25) is 0 Å². The Balaban J connectivity index is 2.48. The Morgan fingerprint density at radius 2 is 2.20 bits per heavy atom. The van der Waals surface area contributed by atoms with E-state index in [1.807, 2.05) is 0 Å². The van der Waals surface area contributed by atoms with E-state index in [9.17, 15) is 4.39 Å². The third kappa shape index (κ3) is 2.74. The Morgan fingerprint density at radius 1 is 1.50 bits per heavy atom. The number of aryl methyl sites for hydroxylation is 2. The van der Waals surface area contributed by atoms with E-state index in [0.717, 1.165) is 0 Å². The first kappa shape index (κ1) is 14.3. The van der Waals surface area contributed by atoms with Crippen LogP contribution in [0.3, 0.4) is 0 Å². The zero-order chi connectivity index (χ0) is 14.9. The van der Waals surface area contributed by atoms with Crippen molar-refractivity contribution >= 4 is 21.8 Å². The summed E-state index contributed by atoms with van der Waals surface area (Å²) in [6, 6.07) is 4.14. The molecule has 2 aromatic rings. The molecule has 0 radical (unpaired) electrons. The van der Waals surface area contributed by atoms with E-state index >= 15 is 0 Å². The van der Waals surface area contributed by atoms with Crippen LogP contribution in [-0.2, 0) is 7.05 Å². The van der Waals surface area contributed by atoms with Crippen molar-refractivity contribution in [3.05, 3.63) is 39.7 Å². The fourth-order valence-electron chi connectivity index (χ4n) is 1.80. The summed E-state index contributed by atoms with van der Waals surface area (Å²) in [6.07, 6.45) is 0. The number of hydrogen-bond donors (Lipinski definition) is 2. The van der Waals surface area contributed by atoms with E-state index in [4.69, 9.17) is 15.7 Å². The highest BCUT2D eigenvalue weighted by molar-refractivity contribution is 9.10. The molecule has 0 fully saturated rings. The predicted molar refractivity (Wildman–Crippen MR) is 74.6 cm³/mol. The van der Waals surface area contributed by atoms with Crippen molar-refractivity contribution in [1.29, 1.82) is 0 Å². The SMILES string of the molecule is Cc1nn(C)c(Oc2cc(F)cc(Br)c2)c1/C(N)=N/O. The number of nitrogens with zero attached hydrogens (tertiary/aromatic N) is 3. The lowest BCUT2D eigenvalue weighted by atomic mass is 10.2. The van der Waals surface area contributed by atoms with Crippen LogP contribution in [0, 0.1) is 12.7 Å². The third-order valence-electron chi connectivity index (χ3n) is 2.58. The topological polar surface area (TPSA) is 85.7 Å². The normalized spacial score (nSPS) is 11.7. The number of nitrogens with two attached hydrogens (primary N) is 1. The minimum Gasteiger partial charge on any atom is -0.438 e. The quantitative estimate of drug-likeness (QED) is 0.388. The van der Waals surface area contributed by atoms with Gasteiger partial charge in [-0.25, -0.2) is 9.07 Å². The van der Waals surface area contributed by atoms with Crippen LogP contribution in [0.1, 0.15) is 11.3 Å². The molecule has 0 aliphatic rings. The molecule has 0 atom stereocenters. The molecule has 0 bridgehead atoms. The van der Waals surface area contributed by atoms with Gasteiger partial charge in [0.25, 0.3) is 0 Å². The number of rotatable bonds is 3. The van der Waals surface area contributed by atoms with Crippen molar-refractivity contribution < 1.29 is 14.3 Å². The van der Waals surface area contributed by atoms with E-state index in [-0.39, 0.29) is 17.5 Å². The van der Waals surface area contributed by atoms with Gasteiger partial charge >= 0.3 is 0 Å². The largest absolute Gasteiger partial charge is 0.438 e. The molecule has 0 aliphatic carbocycles. The van der Waals surface area contributed by atoms with Crippen molar-refractivity contribution in [2.24, 2.45) is 17.9 Å². The Kier molecular flexibility index (Phi) is 3.93. The number of hydrogen-bond acceptors (Lipinski definition) is 4. The van der Waals surface area contributed by atoms with Crippen LogP contribution in [0.5, 0.6) is 11.6 Å². The smallest absolute Gasteiger partial charge is 0.229 e. The summed E-state index contributed by atoms with van der Waals surface area (Å²) in [6.45, 7) is 1.70. The van der Waals surface area contributed by atoms with Gasteiger partial charge < -0.3 is 15.7 Å². The van der Waals surface area contributed by atoms with Crippen LogP contribution < -0.4 is 10.5 Å². The van der Waals surface area contributed by atoms with Crippen molar-refractivity contribution in [1.82, 2.24) is 9.78 Å². The second-order valence-corrected chi connectivity index (χ2v) is 5.00. The second kappa shape index (κ2) is 5.49. The fraction of sp³-hybridized carbons (Fsp3) is 0.167. The zero-order valence-corrected chi connectivity index (χ0v) is 12.3. The van der Waals surface area contributed by atoms with Gasteiger partial charge in [0.05, 0.1) is 5.69 Å². The maximum Gasteiger partial charge on any atom is 0.229 e. The number of oxime groups is 1. The summed E-state index contributed by atoms with van der Waals surface area (Å²) >= 11 is 3.18. The average molecular weight is 343 g/mol. The Labute approximate surface area is 122 Å². The highest BCUT2D eigenvalue weighted by Crippen LogP contribution is 2.29. The number of amidine groups is 1. The Bertz CT molecular complexity index is 664. The summed E-state index contributed by atoms with van der Waals surface area (Å²) in [5.41, 5.74) is 6.50. The minimum absolute atomic E-state index is 0.124. The lowest BCUT2D eigenvalue weighted by Crippen LogP contribution is -2.15. The number of benzene rings is 1. The fourth-order valence-corrected chi connectivity index (χ4v) is 2.24. The van der Waals surface area contributed by atoms with Crippen molar-refractivity contribution in [3.8, 4) is 11.6 Å². The first-order valence-corrected chi connectivity index (χ1v) is 6.37. The third-order valence-corrected chi connectivity index (χ3v) is 3.04. The van der Waals surface area contributed by atoms with Crippen LogP contribution in [0.4, 0.5) is 4.39 Å². The van der Waals surface area contributed by atoms with E-state index in [1.54, 1.807) is 20.0 Å². The van der Waals surface area contributed by atoms with E-state index in [1.165, 1.54) is 16.8 Å². The molecule has 0 saturated heterocycles. The van der Waals surface area contributed by atoms with Crippen LogP contribution in [-0.4, -0.2) is 20.8 Å². The molecule has 1 heterocycles. The number of ether oxygens (including phenoxy) is 1. The molecule has 106 valence electrons. The first-order valence-electron chi connectivity index (χ1n) is 5.57. The summed E-state index contributed by atoms with van der Waals surface area (Å²) in [7, 11) is 1.64. The number of aromatic nitrogens is 2. The molecule has 1 aromatic carbocycles. The van der Waals surface area contributed by atoms with Gasteiger partial charge in [0.2, 0.25) is 5.88 Å². The second-order valence-electron chi connectivity index (χ2n) is 4.08. The Hall–Kier alpha value is -2.09. The van der Waals surface area contributed by atoms with E-state index in [0.29, 0.717) is 15.7 Å². The van der Waals surface area contributed by atoms with Crippen molar-refractivity contribution in [3.63, 3.8) is 0 Å². The molecule has 6 nitrogen and oxygen atoms in total. The zero-order valence-electron chi connectivity index (χ0n) is 10.8. The van der Waals surface area contributed by atoms with Gasteiger partial charge in [0, 0.05) is 17.6 Å². The van der Waals surface area contributed by atoms with Gasteiger partial charge in [-0.3, -0.25) is 0 Å². The average Bonchev–Trinajstić information content (AvgIpc) is 2.62. The van der Waals surface area contributed by atoms with Crippen LogP contribution in [0.15, 0.2) is 27.8 Å². The molecule has 0 unspecified atom stereocenters. The summed E-state index contributed by atoms with van der Waals surface area (Å²) in [5.74, 6) is -0.0400. The molecule has 3 N–H and O–H groups in total. The summed E-state index contributed by atoms with van der Waals surface area (Å²) in [5, 5.41) is 15.9. The van der Waals surface area contributed by atoms with Crippen LogP contribution >= 0.6 is 15.9 Å². The molecule has 0 saturated carbocycles. The molecule has 20 heavy (non-hydrogen) atoms. The van der Waals surface area contributed by atoms with Gasteiger partial charge in [0.1, 0.15) is 17.1 Å². The first-order chi connectivity index (χ1) is 9.42. The molecule has 0 spiro atoms. The van der Waals surface area contributed by atoms with Gasteiger partial charge in [-0.2, -0.15) is 5.10 Å². The monoisotopic (exact) mass is 342 g/mol. The van der Waals surface area contributed by atoms with E-state index < -0.39 is 5.82 Å². The lowest BCUT2D eigenvalue weighted by Gasteiger charge is -2.08. The lowest BCUT2D eigenvalue weighted by molar-refractivity contribution is 0.318. The van der Waals surface area contributed by atoms with Gasteiger partial charge in [-0.05, 0) is 19.1 Å². The van der Waals surface area contributed by atoms with Gasteiger partial charge in [-0.15, -0.1) is 0 Å². The van der Waals surface area contributed by atoms with E-state index in [2.05, 4.69) is 26.2 Å². The molecule has 8 heteroatoms. The maximum absolute atomic E-state index is 13.3. The minimum atomic E-state index is -0.446. The predicted octanol–water partition coefficient (Wildman–Crippen LogP) is 2.52. The van der Waals surface area contributed by atoms with Crippen molar-refractivity contribution in [2.45, 2.75) is 6.92 Å². The highest BCUT2D eigenvalue weighted by atomic mass is 79.9. The highest BCUT2D eigenvalue weighted by Gasteiger charge is 2.19. The Morgan fingerprint density at radius 3 is 2.80 bits per heavy atom. The number of halogens is 2.